The summed E-state index contributed by atoms with van der Waals surface area (Å²) in [4.78, 5) is 66.8. The predicted octanol–water partition coefficient (Wildman–Crippen LogP) is 12.6. The van der Waals surface area contributed by atoms with Crippen LogP contribution in [0, 0.1) is 11.8 Å². The minimum atomic E-state index is -2.58. The summed E-state index contributed by atoms with van der Waals surface area (Å²) in [5.74, 6) is -5.22. The van der Waals surface area contributed by atoms with E-state index in [1.165, 1.54) is 13.8 Å². The minimum Gasteiger partial charge on any atom is -0.518 e. The molecule has 0 unspecified atom stereocenters. The third-order valence-electron chi connectivity index (χ3n) is 18.2. The van der Waals surface area contributed by atoms with Gasteiger partial charge in [0.25, 0.3) is 14.3 Å². The summed E-state index contributed by atoms with van der Waals surface area (Å²) in [5, 5.41) is -0.0535. The molecule has 13 atom stereocenters. The van der Waals surface area contributed by atoms with E-state index in [9.17, 15) is 24.0 Å². The van der Waals surface area contributed by atoms with Gasteiger partial charge in [0, 0.05) is 84.7 Å². The molecule has 0 aromatic heterocycles. The molecule has 0 bridgehead atoms. The molecule has 2 spiro atoms. The third-order valence-corrected chi connectivity index (χ3v) is 33.5. The Hall–Kier alpha value is -2.14. The summed E-state index contributed by atoms with van der Waals surface area (Å²) >= 11 is 0. The van der Waals surface area contributed by atoms with Crippen molar-refractivity contribution in [3.05, 3.63) is 12.2 Å². The van der Waals surface area contributed by atoms with E-state index in [1.807, 2.05) is 6.92 Å². The number of hydrogen-bond acceptors (Lipinski definition) is 15. The standard InChI is InChI=1S/C58H104O15Si3/c1-22-75(23-2,24-3)73-56(18)31-49(69-58(36-56)33-48(65-43(13)60)27-46(68-58)30-53(63)72-76(37(4)5,38(6)7)39(8)9)25-40(10)41(11)54(66-44(14)61)42(12)52(62)29-45-26-47(64-19)32-57(67-45)34-50(28-51(35-59)70-57)71-74(20,21)55(15,16)17/h35,37-39,41-42,45-51,54H,10,22-34,36H2,1-9,11-21H3/t41-,42-,45+,46+,47+,48+,49+,50+,51-,54+,56+,57-,58+/m1/s1. The Morgan fingerprint density at radius 1 is 0.697 bits per heavy atom. The Bertz CT molecular complexity index is 1950. The number of carbonyl (C=O) groups excluding carboxylic acids is 5. The van der Waals surface area contributed by atoms with E-state index in [0.29, 0.717) is 56.9 Å². The number of carbonyl (C=O) groups is 5. The fraction of sp³-hybridized carbons (Fsp3) is 0.879. The van der Waals surface area contributed by atoms with Gasteiger partial charge in [-0.15, -0.1) is 0 Å². The zero-order chi connectivity index (χ0) is 57.6. The average molecular weight is 1130 g/mol. The summed E-state index contributed by atoms with van der Waals surface area (Å²) in [6, 6.07) is 2.76. The van der Waals surface area contributed by atoms with Gasteiger partial charge in [-0.25, -0.2) is 0 Å². The highest BCUT2D eigenvalue weighted by Crippen LogP contribution is 2.51. The van der Waals surface area contributed by atoms with Crippen molar-refractivity contribution in [3.63, 3.8) is 0 Å². The number of rotatable bonds is 25. The fourth-order valence-corrected chi connectivity index (χ4v) is 23.0. The molecule has 0 saturated carbocycles. The van der Waals surface area contributed by atoms with Gasteiger partial charge in [-0.2, -0.15) is 0 Å². The van der Waals surface area contributed by atoms with Crippen molar-refractivity contribution in [1.82, 2.24) is 0 Å². The number of ketones is 1. The van der Waals surface area contributed by atoms with Crippen molar-refractivity contribution in [1.29, 1.82) is 0 Å². The topological polar surface area (TPSA) is 178 Å². The molecule has 0 amide bonds. The molecule has 0 aromatic rings. The second-order valence-electron chi connectivity index (χ2n) is 26.1. The van der Waals surface area contributed by atoms with Crippen molar-refractivity contribution in [2.24, 2.45) is 11.8 Å². The summed E-state index contributed by atoms with van der Waals surface area (Å²) in [5.41, 5.74) is 0.556. The third kappa shape index (κ3) is 16.5. The number of Topliss-reactive ketones (excluding diaryl/α,β-unsaturated/α-hetero) is 1. The highest BCUT2D eigenvalue weighted by atomic mass is 28.4. The van der Waals surface area contributed by atoms with Crippen LogP contribution >= 0.6 is 0 Å². The van der Waals surface area contributed by atoms with Crippen LogP contribution in [0.1, 0.15) is 188 Å². The van der Waals surface area contributed by atoms with Crippen LogP contribution in [0.4, 0.5) is 0 Å². The lowest BCUT2D eigenvalue weighted by Gasteiger charge is -2.55. The molecule has 4 fully saturated rings. The van der Waals surface area contributed by atoms with E-state index >= 15 is 0 Å². The van der Waals surface area contributed by atoms with E-state index in [4.69, 9.17) is 46.4 Å². The van der Waals surface area contributed by atoms with Crippen LogP contribution in [0.5, 0.6) is 0 Å². The molecule has 15 nitrogen and oxygen atoms in total. The molecule has 0 N–H and O–H groups in total. The van der Waals surface area contributed by atoms with Crippen LogP contribution in [0.3, 0.4) is 0 Å². The summed E-state index contributed by atoms with van der Waals surface area (Å²) in [7, 11) is -5.43. The van der Waals surface area contributed by atoms with E-state index in [2.05, 4.69) is 110 Å². The van der Waals surface area contributed by atoms with Crippen molar-refractivity contribution < 1.29 is 70.4 Å². The van der Waals surface area contributed by atoms with E-state index in [-0.39, 0.29) is 64.9 Å². The smallest absolute Gasteiger partial charge is 0.302 e. The van der Waals surface area contributed by atoms with Gasteiger partial charge in [-0.3, -0.25) is 19.2 Å². The lowest BCUT2D eigenvalue weighted by Crippen LogP contribution is -2.61. The van der Waals surface area contributed by atoms with Crippen LogP contribution in [0.2, 0.25) is 52.9 Å². The molecule has 4 aliphatic heterocycles. The Kier molecular flexibility index (Phi) is 23.3. The first-order valence-electron chi connectivity index (χ1n) is 28.9. The number of ether oxygens (including phenoxy) is 7. The van der Waals surface area contributed by atoms with Gasteiger partial charge in [0.15, 0.2) is 28.2 Å². The molecule has 0 radical (unpaired) electrons. The van der Waals surface area contributed by atoms with Gasteiger partial charge in [-0.05, 0) is 66.2 Å². The first-order chi connectivity index (χ1) is 35.1. The molecule has 76 heavy (non-hydrogen) atoms. The van der Waals surface area contributed by atoms with Crippen molar-refractivity contribution >= 4 is 54.9 Å². The Balaban J connectivity index is 1.64. The maximum absolute atomic E-state index is 14.6. The Morgan fingerprint density at radius 3 is 1.74 bits per heavy atom. The average Bonchev–Trinajstić information content (AvgIpc) is 3.29. The van der Waals surface area contributed by atoms with Gasteiger partial charge in [0.1, 0.15) is 30.4 Å². The second-order valence-corrected chi connectivity index (χ2v) is 40.9. The van der Waals surface area contributed by atoms with Crippen molar-refractivity contribution in [2.75, 3.05) is 7.11 Å². The number of hydrogen-bond donors (Lipinski definition) is 0. The van der Waals surface area contributed by atoms with Crippen molar-refractivity contribution in [2.45, 2.75) is 307 Å². The molecule has 4 saturated heterocycles. The van der Waals surface area contributed by atoms with Crippen LogP contribution in [-0.2, 0) is 70.4 Å². The predicted molar refractivity (Wildman–Crippen MR) is 302 cm³/mol. The number of esters is 2. The molecular formula is C58H104O15Si3. The lowest BCUT2D eigenvalue weighted by atomic mass is 9.78. The highest BCUT2D eigenvalue weighted by Gasteiger charge is 2.57. The molecule has 0 aromatic carbocycles. The second kappa shape index (κ2) is 26.6. The molecular weight excluding hydrogens is 1020 g/mol. The maximum atomic E-state index is 14.6. The number of methoxy groups -OCH3 is 1. The minimum absolute atomic E-state index is 0.00435. The highest BCUT2D eigenvalue weighted by molar-refractivity contribution is 6.79. The van der Waals surface area contributed by atoms with E-state index in [1.54, 1.807) is 14.0 Å². The fourth-order valence-electron chi connectivity index (χ4n) is 13.3. The molecule has 0 aliphatic carbocycles. The lowest BCUT2D eigenvalue weighted by molar-refractivity contribution is -0.347. The number of aldehydes is 1. The van der Waals surface area contributed by atoms with Crippen LogP contribution in [0.15, 0.2) is 12.2 Å². The van der Waals surface area contributed by atoms with Gasteiger partial charge < -0.3 is 51.2 Å². The van der Waals surface area contributed by atoms with E-state index in [0.717, 1.165) is 24.4 Å². The monoisotopic (exact) mass is 1120 g/mol. The summed E-state index contributed by atoms with van der Waals surface area (Å²) in [6.45, 7) is 43.5. The summed E-state index contributed by atoms with van der Waals surface area (Å²) < 4.78 is 66.3. The normalized spacial score (nSPS) is 31.0. The van der Waals surface area contributed by atoms with Crippen LogP contribution < -0.4 is 0 Å². The zero-order valence-electron chi connectivity index (χ0n) is 50.8. The molecule has 4 rings (SSSR count). The van der Waals surface area contributed by atoms with Crippen LogP contribution in [0.25, 0.3) is 0 Å². The Labute approximate surface area is 461 Å². The van der Waals surface area contributed by atoms with Gasteiger partial charge >= 0.3 is 11.9 Å². The SMILES string of the molecule is C=C(C[C@H]1C[C@](C)(O[Si](CC)(CC)CC)C[C@]2(C[C@@H](OC(C)=O)C[C@@H](CC(=O)O[Si](C(C)C)(C(C)C)C(C)C)O2)O1)[C@@H](C)[C@H](OC(C)=O)[C@H](C)C(=O)C[C@@H]1C[C@H](OC)C[C@@]2(C[C@@H](O[Si](C)(C)C(C)(C)C)C[C@H](C=O)O2)O1. The first kappa shape index (κ1) is 66.4. The molecule has 4 heterocycles. The Morgan fingerprint density at radius 2 is 1.22 bits per heavy atom. The molecule has 438 valence electrons. The molecule has 4 aliphatic rings. The first-order valence-corrected chi connectivity index (χ1v) is 36.5. The largest absolute Gasteiger partial charge is 0.518 e. The zero-order valence-corrected chi connectivity index (χ0v) is 53.8. The van der Waals surface area contributed by atoms with Gasteiger partial charge in [0.05, 0.1) is 48.5 Å². The van der Waals surface area contributed by atoms with Gasteiger partial charge in [-0.1, -0.05) is 109 Å². The summed E-state index contributed by atoms with van der Waals surface area (Å²) in [6.07, 6.45) is -0.521. The molecule has 18 heteroatoms. The maximum Gasteiger partial charge on any atom is 0.302 e. The van der Waals surface area contributed by atoms with E-state index < -0.39 is 103 Å². The van der Waals surface area contributed by atoms with Crippen LogP contribution in [-0.4, -0.2) is 128 Å². The van der Waals surface area contributed by atoms with Crippen molar-refractivity contribution in [3.8, 4) is 0 Å². The van der Waals surface area contributed by atoms with Gasteiger partial charge in [0.2, 0.25) is 0 Å². The quantitative estimate of drug-likeness (QED) is 0.0365.